The Morgan fingerprint density at radius 1 is 1.56 bits per heavy atom. The highest BCUT2D eigenvalue weighted by molar-refractivity contribution is 5.89. The van der Waals surface area contributed by atoms with Crippen LogP contribution in [0.3, 0.4) is 0 Å². The maximum atomic E-state index is 11.6. The van der Waals surface area contributed by atoms with Crippen LogP contribution in [-0.2, 0) is 9.47 Å². The van der Waals surface area contributed by atoms with Crippen molar-refractivity contribution in [3.05, 3.63) is 29.8 Å². The van der Waals surface area contributed by atoms with Crippen molar-refractivity contribution in [1.82, 2.24) is 0 Å². The minimum Gasteiger partial charge on any atom is -0.508 e. The predicted octanol–water partition coefficient (Wildman–Crippen LogP) is 1.73. The summed E-state index contributed by atoms with van der Waals surface area (Å²) in [6.07, 6.45) is 1.99. The molecular formula is C12H14O4. The Labute approximate surface area is 93.8 Å². The molecule has 1 aliphatic rings. The van der Waals surface area contributed by atoms with Crippen molar-refractivity contribution in [1.29, 1.82) is 0 Å². The summed E-state index contributed by atoms with van der Waals surface area (Å²) in [4.78, 5) is 11.6. The molecule has 16 heavy (non-hydrogen) atoms. The van der Waals surface area contributed by atoms with Crippen molar-refractivity contribution in [2.45, 2.75) is 18.9 Å². The average Bonchev–Trinajstić information content (AvgIpc) is 2.78. The van der Waals surface area contributed by atoms with Crippen LogP contribution in [-0.4, -0.2) is 30.4 Å². The lowest BCUT2D eigenvalue weighted by atomic mass is 10.2. The molecular weight excluding hydrogens is 208 g/mol. The molecule has 0 amide bonds. The first-order valence-electron chi connectivity index (χ1n) is 5.33. The number of hydrogen-bond donors (Lipinski definition) is 1. The number of phenolic OH excluding ortho intramolecular Hbond substituents is 1. The fraction of sp³-hybridized carbons (Fsp3) is 0.417. The first-order valence-corrected chi connectivity index (χ1v) is 5.33. The molecule has 4 heteroatoms. The van der Waals surface area contributed by atoms with Gasteiger partial charge in [-0.2, -0.15) is 0 Å². The lowest BCUT2D eigenvalue weighted by Gasteiger charge is -2.10. The zero-order chi connectivity index (χ0) is 11.4. The third-order valence-electron chi connectivity index (χ3n) is 2.51. The van der Waals surface area contributed by atoms with E-state index in [1.807, 2.05) is 0 Å². The van der Waals surface area contributed by atoms with Gasteiger partial charge in [0.1, 0.15) is 12.4 Å². The molecule has 1 aliphatic heterocycles. The Morgan fingerprint density at radius 2 is 2.44 bits per heavy atom. The number of benzene rings is 1. The highest BCUT2D eigenvalue weighted by Gasteiger charge is 2.18. The minimum absolute atomic E-state index is 0.0289. The molecule has 0 spiro atoms. The molecule has 0 saturated carbocycles. The Balaban J connectivity index is 1.87. The molecule has 86 valence electrons. The van der Waals surface area contributed by atoms with Crippen LogP contribution in [0.15, 0.2) is 24.3 Å². The van der Waals surface area contributed by atoms with E-state index in [-0.39, 0.29) is 18.5 Å². The van der Waals surface area contributed by atoms with E-state index < -0.39 is 5.97 Å². The zero-order valence-electron chi connectivity index (χ0n) is 8.89. The predicted molar refractivity (Wildman–Crippen MR) is 57.4 cm³/mol. The molecule has 0 unspecified atom stereocenters. The second-order valence-electron chi connectivity index (χ2n) is 3.78. The smallest absolute Gasteiger partial charge is 0.338 e. The summed E-state index contributed by atoms with van der Waals surface area (Å²) in [6.45, 7) is 1.03. The Morgan fingerprint density at radius 3 is 3.12 bits per heavy atom. The van der Waals surface area contributed by atoms with Gasteiger partial charge < -0.3 is 14.6 Å². The molecule has 1 fully saturated rings. The van der Waals surface area contributed by atoms with Crippen molar-refractivity contribution in [2.75, 3.05) is 13.2 Å². The van der Waals surface area contributed by atoms with E-state index in [0.29, 0.717) is 5.56 Å². The lowest BCUT2D eigenvalue weighted by Crippen LogP contribution is -2.17. The molecule has 1 saturated heterocycles. The lowest BCUT2D eigenvalue weighted by molar-refractivity contribution is 0.0161. The van der Waals surface area contributed by atoms with Gasteiger partial charge in [0.05, 0.1) is 11.7 Å². The van der Waals surface area contributed by atoms with Gasteiger partial charge in [-0.15, -0.1) is 0 Å². The second kappa shape index (κ2) is 4.99. The first kappa shape index (κ1) is 11.0. The Bertz CT molecular complexity index is 369. The molecule has 0 bridgehead atoms. The summed E-state index contributed by atoms with van der Waals surface area (Å²) < 4.78 is 10.4. The molecule has 0 radical (unpaired) electrons. The van der Waals surface area contributed by atoms with Crippen LogP contribution < -0.4 is 0 Å². The van der Waals surface area contributed by atoms with Gasteiger partial charge in [-0.25, -0.2) is 4.79 Å². The highest BCUT2D eigenvalue weighted by atomic mass is 16.6. The topological polar surface area (TPSA) is 55.8 Å². The van der Waals surface area contributed by atoms with Crippen molar-refractivity contribution < 1.29 is 19.4 Å². The van der Waals surface area contributed by atoms with Gasteiger partial charge >= 0.3 is 5.97 Å². The minimum atomic E-state index is -0.425. The normalized spacial score (nSPS) is 19.6. The third-order valence-corrected chi connectivity index (χ3v) is 2.51. The summed E-state index contributed by atoms with van der Waals surface area (Å²) in [5, 5.41) is 9.21. The number of ether oxygens (including phenoxy) is 2. The van der Waals surface area contributed by atoms with E-state index >= 15 is 0 Å². The maximum absolute atomic E-state index is 11.6. The molecule has 2 rings (SSSR count). The summed E-state index contributed by atoms with van der Waals surface area (Å²) in [6, 6.07) is 6.12. The van der Waals surface area contributed by atoms with E-state index in [0.717, 1.165) is 19.4 Å². The standard InChI is InChI=1S/C12H14O4/c13-10-4-1-3-9(7-10)12(14)16-8-11-5-2-6-15-11/h1,3-4,7,11,13H,2,5-6,8H2/t11-/m0/s1. The third kappa shape index (κ3) is 2.73. The number of carbonyl (C=O) groups is 1. The first-order chi connectivity index (χ1) is 7.75. The summed E-state index contributed by atoms with van der Waals surface area (Å²) >= 11 is 0. The van der Waals surface area contributed by atoms with Crippen molar-refractivity contribution >= 4 is 5.97 Å². The van der Waals surface area contributed by atoms with E-state index in [1.54, 1.807) is 12.1 Å². The molecule has 1 N–H and O–H groups in total. The average molecular weight is 222 g/mol. The SMILES string of the molecule is O=C(OC[C@@H]1CCCO1)c1cccc(O)c1. The van der Waals surface area contributed by atoms with Gasteiger partial charge in [-0.3, -0.25) is 0 Å². The molecule has 0 aromatic heterocycles. The number of esters is 1. The number of hydrogen-bond acceptors (Lipinski definition) is 4. The highest BCUT2D eigenvalue weighted by Crippen LogP contribution is 2.15. The number of carbonyl (C=O) groups excluding carboxylic acids is 1. The molecule has 1 aromatic carbocycles. The van der Waals surface area contributed by atoms with Gasteiger partial charge in [-0.1, -0.05) is 6.07 Å². The van der Waals surface area contributed by atoms with Crippen LogP contribution in [0.5, 0.6) is 5.75 Å². The van der Waals surface area contributed by atoms with Crippen molar-refractivity contribution in [2.24, 2.45) is 0 Å². The fourth-order valence-corrected chi connectivity index (χ4v) is 1.66. The van der Waals surface area contributed by atoms with E-state index in [2.05, 4.69) is 0 Å². The van der Waals surface area contributed by atoms with Crippen LogP contribution >= 0.6 is 0 Å². The van der Waals surface area contributed by atoms with E-state index in [9.17, 15) is 9.90 Å². The van der Waals surface area contributed by atoms with Gasteiger partial charge in [0.2, 0.25) is 0 Å². The molecule has 4 nitrogen and oxygen atoms in total. The molecule has 1 atom stereocenters. The second-order valence-corrected chi connectivity index (χ2v) is 3.78. The Hall–Kier alpha value is -1.55. The van der Waals surface area contributed by atoms with E-state index in [4.69, 9.17) is 9.47 Å². The van der Waals surface area contributed by atoms with Crippen LogP contribution in [0.1, 0.15) is 23.2 Å². The zero-order valence-corrected chi connectivity index (χ0v) is 8.89. The van der Waals surface area contributed by atoms with Crippen LogP contribution in [0, 0.1) is 0 Å². The van der Waals surface area contributed by atoms with Crippen LogP contribution in [0.2, 0.25) is 0 Å². The molecule has 0 aliphatic carbocycles. The number of aromatic hydroxyl groups is 1. The largest absolute Gasteiger partial charge is 0.508 e. The Kier molecular flexibility index (Phi) is 3.41. The molecule has 1 aromatic rings. The van der Waals surface area contributed by atoms with Gasteiger partial charge in [0.25, 0.3) is 0 Å². The van der Waals surface area contributed by atoms with Crippen molar-refractivity contribution in [3.63, 3.8) is 0 Å². The van der Waals surface area contributed by atoms with Gasteiger partial charge in [0, 0.05) is 6.61 Å². The quantitative estimate of drug-likeness (QED) is 0.791. The fourth-order valence-electron chi connectivity index (χ4n) is 1.66. The maximum Gasteiger partial charge on any atom is 0.338 e. The number of rotatable bonds is 3. The molecule has 1 heterocycles. The summed E-state index contributed by atoms with van der Waals surface area (Å²) in [7, 11) is 0. The summed E-state index contributed by atoms with van der Waals surface area (Å²) in [5.74, 6) is -0.363. The summed E-state index contributed by atoms with van der Waals surface area (Å²) in [5.41, 5.74) is 0.359. The monoisotopic (exact) mass is 222 g/mol. The van der Waals surface area contributed by atoms with Gasteiger partial charge in [-0.05, 0) is 31.0 Å². The van der Waals surface area contributed by atoms with Crippen LogP contribution in [0.25, 0.3) is 0 Å². The van der Waals surface area contributed by atoms with E-state index in [1.165, 1.54) is 12.1 Å². The van der Waals surface area contributed by atoms with Crippen molar-refractivity contribution in [3.8, 4) is 5.75 Å². The number of phenols is 1. The van der Waals surface area contributed by atoms with Crippen LogP contribution in [0.4, 0.5) is 0 Å². The van der Waals surface area contributed by atoms with Gasteiger partial charge in [0.15, 0.2) is 0 Å².